The van der Waals surface area contributed by atoms with Crippen molar-refractivity contribution in [3.8, 4) is 0 Å². The maximum Gasteiger partial charge on any atom is 0.416 e. The van der Waals surface area contributed by atoms with Crippen molar-refractivity contribution in [1.29, 1.82) is 0 Å². The second kappa shape index (κ2) is 6.25. The lowest BCUT2D eigenvalue weighted by atomic mass is 9.91. The van der Waals surface area contributed by atoms with E-state index in [1.165, 1.54) is 12.1 Å². The van der Waals surface area contributed by atoms with Crippen molar-refractivity contribution in [3.05, 3.63) is 52.8 Å². The molecule has 2 aromatic rings. The van der Waals surface area contributed by atoms with E-state index in [1.54, 1.807) is 12.1 Å². The van der Waals surface area contributed by atoms with Crippen LogP contribution in [0.5, 0.6) is 0 Å². The van der Waals surface area contributed by atoms with Gasteiger partial charge < -0.3 is 4.90 Å². The number of nitrogens with zero attached hydrogens (tertiary/aromatic N) is 3. The van der Waals surface area contributed by atoms with E-state index in [-0.39, 0.29) is 5.92 Å². The van der Waals surface area contributed by atoms with Crippen LogP contribution in [-0.2, 0) is 6.18 Å². The predicted molar refractivity (Wildman–Crippen MR) is 94.1 cm³/mol. The average molecular weight is 361 g/mol. The summed E-state index contributed by atoms with van der Waals surface area (Å²) in [6, 6.07) is 6.05. The molecule has 0 N–H and O–H groups in total. The zero-order valence-corrected chi connectivity index (χ0v) is 14.9. The van der Waals surface area contributed by atoms with Crippen molar-refractivity contribution in [3.63, 3.8) is 0 Å². The summed E-state index contributed by atoms with van der Waals surface area (Å²) in [5.41, 5.74) is 2.03. The second-order valence-electron chi connectivity index (χ2n) is 7.62. The molecule has 1 aromatic heterocycles. The fourth-order valence-electron chi connectivity index (χ4n) is 4.50. The van der Waals surface area contributed by atoms with Gasteiger partial charge in [-0.2, -0.15) is 13.2 Å². The first-order valence-electron chi connectivity index (χ1n) is 9.04. The summed E-state index contributed by atoms with van der Waals surface area (Å²) in [6.07, 6.45) is -0.833. The van der Waals surface area contributed by atoms with Gasteiger partial charge in [0.2, 0.25) is 5.95 Å². The number of hydrogen-bond acceptors (Lipinski definition) is 3. The Balaban J connectivity index is 1.50. The summed E-state index contributed by atoms with van der Waals surface area (Å²) in [5.74, 6) is 1.55. The number of rotatable bonds is 2. The highest BCUT2D eigenvalue weighted by Crippen LogP contribution is 2.49. The zero-order chi connectivity index (χ0) is 18.5. The first kappa shape index (κ1) is 17.3. The van der Waals surface area contributed by atoms with E-state index in [9.17, 15) is 13.2 Å². The summed E-state index contributed by atoms with van der Waals surface area (Å²) in [5, 5.41) is 0. The lowest BCUT2D eigenvalue weighted by Gasteiger charge is -2.21. The van der Waals surface area contributed by atoms with Gasteiger partial charge in [0.15, 0.2) is 0 Å². The van der Waals surface area contributed by atoms with E-state index in [2.05, 4.69) is 14.9 Å². The minimum atomic E-state index is -4.28. The van der Waals surface area contributed by atoms with E-state index >= 15 is 0 Å². The Morgan fingerprint density at radius 3 is 2.31 bits per heavy atom. The minimum Gasteiger partial charge on any atom is -0.340 e. The Morgan fingerprint density at radius 2 is 1.69 bits per heavy atom. The molecular formula is C20H22F3N3. The Bertz CT molecular complexity index is 804. The van der Waals surface area contributed by atoms with E-state index in [0.29, 0.717) is 17.4 Å². The van der Waals surface area contributed by atoms with Crippen molar-refractivity contribution in [1.82, 2.24) is 9.97 Å². The topological polar surface area (TPSA) is 29.0 Å². The number of hydrogen-bond donors (Lipinski definition) is 0. The van der Waals surface area contributed by atoms with Gasteiger partial charge >= 0.3 is 6.18 Å². The molecule has 1 aromatic carbocycles. The van der Waals surface area contributed by atoms with Crippen LogP contribution in [0.15, 0.2) is 30.5 Å². The highest BCUT2D eigenvalue weighted by atomic mass is 19.4. The molecule has 2 fully saturated rings. The van der Waals surface area contributed by atoms with Crippen LogP contribution in [-0.4, -0.2) is 23.1 Å². The number of aromatic nitrogens is 2. The molecule has 0 spiro atoms. The number of aryl methyl sites for hydroxylation is 2. The first-order valence-corrected chi connectivity index (χ1v) is 9.04. The standard InChI is InChI=1S/C20H22F3N3/c1-12-9-24-19(25-13(12)2)26-10-15-7-14(8-16(15)11-26)17-5-3-4-6-18(17)20(21,22)23/h3-6,9,14-16H,7-8,10-11H2,1-2H3/t14-,15-,16+. The van der Waals surface area contributed by atoms with Crippen LogP contribution in [0.1, 0.15) is 41.1 Å². The number of benzene rings is 1. The van der Waals surface area contributed by atoms with E-state index < -0.39 is 11.7 Å². The lowest BCUT2D eigenvalue weighted by molar-refractivity contribution is -0.138. The van der Waals surface area contributed by atoms with Gasteiger partial charge in [-0.25, -0.2) is 9.97 Å². The molecule has 6 heteroatoms. The summed E-state index contributed by atoms with van der Waals surface area (Å²) in [4.78, 5) is 11.2. The van der Waals surface area contributed by atoms with E-state index in [1.807, 2.05) is 20.0 Å². The van der Waals surface area contributed by atoms with Crippen LogP contribution in [0.4, 0.5) is 19.1 Å². The van der Waals surface area contributed by atoms with E-state index in [0.717, 1.165) is 43.1 Å². The molecule has 4 rings (SSSR count). The van der Waals surface area contributed by atoms with Gasteiger partial charge in [0.1, 0.15) is 0 Å². The molecule has 0 bridgehead atoms. The fraction of sp³-hybridized carbons (Fsp3) is 0.500. The van der Waals surface area contributed by atoms with Crippen molar-refractivity contribution in [2.75, 3.05) is 18.0 Å². The first-order chi connectivity index (χ1) is 12.3. The van der Waals surface area contributed by atoms with Crippen LogP contribution >= 0.6 is 0 Å². The Kier molecular flexibility index (Phi) is 4.16. The molecule has 0 amide bonds. The Morgan fingerprint density at radius 1 is 1.04 bits per heavy atom. The zero-order valence-electron chi connectivity index (χ0n) is 14.9. The molecule has 1 aliphatic heterocycles. The number of fused-ring (bicyclic) bond motifs is 1. The third-order valence-electron chi connectivity index (χ3n) is 5.95. The monoisotopic (exact) mass is 361 g/mol. The Labute approximate surface area is 151 Å². The second-order valence-corrected chi connectivity index (χ2v) is 7.62. The smallest absolute Gasteiger partial charge is 0.340 e. The van der Waals surface area contributed by atoms with Crippen molar-refractivity contribution < 1.29 is 13.2 Å². The van der Waals surface area contributed by atoms with Crippen molar-refractivity contribution in [2.24, 2.45) is 11.8 Å². The van der Waals surface area contributed by atoms with E-state index in [4.69, 9.17) is 0 Å². The highest BCUT2D eigenvalue weighted by molar-refractivity contribution is 5.38. The van der Waals surface area contributed by atoms with Crippen molar-refractivity contribution in [2.45, 2.75) is 38.8 Å². The normalized spacial score (nSPS) is 25.6. The SMILES string of the molecule is Cc1cnc(N2C[C@H]3C[C@@H](c4ccccc4C(F)(F)F)C[C@H]3C2)nc1C. The predicted octanol–water partition coefficient (Wildman–Crippen LogP) is 4.74. The number of halogens is 3. The van der Waals surface area contributed by atoms with Gasteiger partial charge in [0, 0.05) is 25.0 Å². The largest absolute Gasteiger partial charge is 0.416 e. The Hall–Kier alpha value is -2.11. The molecule has 1 saturated carbocycles. The molecule has 0 unspecified atom stereocenters. The summed E-state index contributed by atoms with van der Waals surface area (Å²) in [6.45, 7) is 5.62. The molecule has 2 heterocycles. The fourth-order valence-corrected chi connectivity index (χ4v) is 4.50. The third kappa shape index (κ3) is 3.06. The molecule has 3 atom stereocenters. The van der Waals surface area contributed by atoms with Gasteiger partial charge in [0.25, 0.3) is 0 Å². The van der Waals surface area contributed by atoms with Crippen LogP contribution < -0.4 is 4.90 Å². The molecule has 1 aliphatic carbocycles. The maximum absolute atomic E-state index is 13.3. The molecule has 0 radical (unpaired) electrons. The van der Waals surface area contributed by atoms with Gasteiger partial charge in [0.05, 0.1) is 5.56 Å². The van der Waals surface area contributed by atoms with Crippen molar-refractivity contribution >= 4 is 5.95 Å². The molecule has 1 saturated heterocycles. The quantitative estimate of drug-likeness (QED) is 0.773. The van der Waals surface area contributed by atoms with Crippen LogP contribution in [0.3, 0.4) is 0 Å². The van der Waals surface area contributed by atoms with Gasteiger partial charge in [-0.05, 0) is 61.6 Å². The average Bonchev–Trinajstić information content (AvgIpc) is 3.15. The minimum absolute atomic E-state index is 0.00866. The van der Waals surface area contributed by atoms with Gasteiger partial charge in [-0.3, -0.25) is 0 Å². The number of alkyl halides is 3. The summed E-state index contributed by atoms with van der Waals surface area (Å²) < 4.78 is 40.0. The lowest BCUT2D eigenvalue weighted by Crippen LogP contribution is -2.24. The van der Waals surface area contributed by atoms with Crippen LogP contribution in [0.2, 0.25) is 0 Å². The summed E-state index contributed by atoms with van der Waals surface area (Å²) >= 11 is 0. The maximum atomic E-state index is 13.3. The molecule has 3 nitrogen and oxygen atoms in total. The molecule has 26 heavy (non-hydrogen) atoms. The van der Waals surface area contributed by atoms with Gasteiger partial charge in [-0.15, -0.1) is 0 Å². The van der Waals surface area contributed by atoms with Crippen LogP contribution in [0, 0.1) is 25.7 Å². The highest BCUT2D eigenvalue weighted by Gasteiger charge is 2.44. The molecular weight excluding hydrogens is 339 g/mol. The van der Waals surface area contributed by atoms with Gasteiger partial charge in [-0.1, -0.05) is 18.2 Å². The molecule has 2 aliphatic rings. The summed E-state index contributed by atoms with van der Waals surface area (Å²) in [7, 11) is 0. The number of anilines is 1. The third-order valence-corrected chi connectivity index (χ3v) is 5.95. The molecule has 138 valence electrons. The van der Waals surface area contributed by atoms with Crippen LogP contribution in [0.25, 0.3) is 0 Å².